The molecule has 2 aromatic carbocycles. The van der Waals surface area contributed by atoms with Crippen molar-refractivity contribution < 1.29 is 19.1 Å². The second-order valence-corrected chi connectivity index (χ2v) is 8.97. The summed E-state index contributed by atoms with van der Waals surface area (Å²) >= 11 is 0. The van der Waals surface area contributed by atoms with Crippen LogP contribution in [-0.4, -0.2) is 63.3 Å². The number of nitrogens with zero attached hydrogens (tertiary/aromatic N) is 2. The van der Waals surface area contributed by atoms with E-state index >= 15 is 0 Å². The molecule has 186 valence electrons. The number of carbonyl (C=O) groups is 2. The molecule has 2 aliphatic heterocycles. The van der Waals surface area contributed by atoms with E-state index < -0.39 is 12.0 Å². The maximum absolute atomic E-state index is 13.0. The number of anilines is 1. The number of esters is 1. The third-order valence-electron chi connectivity index (χ3n) is 6.56. The molecule has 0 bridgehead atoms. The second-order valence-electron chi connectivity index (χ2n) is 8.97. The third kappa shape index (κ3) is 5.59. The largest absolute Gasteiger partial charge is 0.497 e. The highest BCUT2D eigenvalue weighted by Gasteiger charge is 2.34. The van der Waals surface area contributed by atoms with E-state index in [4.69, 9.17) is 9.47 Å². The lowest BCUT2D eigenvalue weighted by Gasteiger charge is -2.38. The van der Waals surface area contributed by atoms with Gasteiger partial charge < -0.3 is 25.0 Å². The van der Waals surface area contributed by atoms with Crippen LogP contribution in [-0.2, 0) is 9.53 Å². The summed E-state index contributed by atoms with van der Waals surface area (Å²) in [6, 6.07) is 13.0. The Balaban J connectivity index is 1.56. The van der Waals surface area contributed by atoms with E-state index in [-0.39, 0.29) is 12.6 Å². The molecule has 8 nitrogen and oxygen atoms in total. The monoisotopic (exact) mass is 478 g/mol. The first kappa shape index (κ1) is 24.6. The summed E-state index contributed by atoms with van der Waals surface area (Å²) in [4.78, 5) is 30.3. The fourth-order valence-corrected chi connectivity index (χ4v) is 4.67. The molecule has 0 saturated carbocycles. The molecule has 2 amide bonds. The Bertz CT molecular complexity index is 1100. The zero-order chi connectivity index (χ0) is 24.9. The number of urea groups is 1. The first-order valence-corrected chi connectivity index (χ1v) is 12.1. The van der Waals surface area contributed by atoms with E-state index in [0.29, 0.717) is 23.6 Å². The number of aryl methyl sites for hydroxylation is 2. The molecule has 0 aromatic heterocycles. The van der Waals surface area contributed by atoms with Crippen molar-refractivity contribution in [1.82, 2.24) is 15.5 Å². The summed E-state index contributed by atoms with van der Waals surface area (Å²) in [7, 11) is 1.60. The fourth-order valence-electron chi connectivity index (χ4n) is 4.67. The van der Waals surface area contributed by atoms with Gasteiger partial charge in [0.1, 0.15) is 5.75 Å². The van der Waals surface area contributed by atoms with Gasteiger partial charge in [-0.25, -0.2) is 9.59 Å². The molecule has 2 aliphatic rings. The number of methoxy groups -OCH3 is 1. The highest BCUT2D eigenvalue weighted by atomic mass is 16.5. The first-order valence-electron chi connectivity index (χ1n) is 12.1. The molecule has 4 rings (SSSR count). The van der Waals surface area contributed by atoms with Crippen molar-refractivity contribution in [3.8, 4) is 5.75 Å². The van der Waals surface area contributed by atoms with Crippen LogP contribution in [0.15, 0.2) is 53.7 Å². The van der Waals surface area contributed by atoms with Crippen LogP contribution in [0.25, 0.3) is 0 Å². The van der Waals surface area contributed by atoms with E-state index in [2.05, 4.69) is 52.5 Å². The number of nitrogens with one attached hydrogen (secondary N) is 2. The maximum atomic E-state index is 13.0. The number of amides is 2. The minimum atomic E-state index is -0.597. The predicted molar refractivity (Wildman–Crippen MR) is 136 cm³/mol. The topological polar surface area (TPSA) is 83.1 Å². The van der Waals surface area contributed by atoms with Gasteiger partial charge in [-0.1, -0.05) is 24.3 Å². The van der Waals surface area contributed by atoms with Gasteiger partial charge in [-0.15, -0.1) is 0 Å². The molecule has 0 aliphatic carbocycles. The number of carbonyl (C=O) groups excluding carboxylic acids is 2. The average molecular weight is 479 g/mol. The zero-order valence-electron chi connectivity index (χ0n) is 20.9. The van der Waals surface area contributed by atoms with Crippen LogP contribution >= 0.6 is 0 Å². The van der Waals surface area contributed by atoms with Crippen LogP contribution in [0.3, 0.4) is 0 Å². The Morgan fingerprint density at radius 1 is 1.06 bits per heavy atom. The summed E-state index contributed by atoms with van der Waals surface area (Å²) in [6.45, 7) is 10.2. The van der Waals surface area contributed by atoms with Gasteiger partial charge in [-0.05, 0) is 55.7 Å². The van der Waals surface area contributed by atoms with Crippen LogP contribution < -0.4 is 20.3 Å². The quantitative estimate of drug-likeness (QED) is 0.594. The summed E-state index contributed by atoms with van der Waals surface area (Å²) in [5.74, 6) is 0.280. The van der Waals surface area contributed by atoms with Gasteiger partial charge in [0, 0.05) is 44.1 Å². The molecule has 2 aromatic rings. The summed E-state index contributed by atoms with van der Waals surface area (Å²) < 4.78 is 10.6. The van der Waals surface area contributed by atoms with Gasteiger partial charge in [0.2, 0.25) is 0 Å². The lowest BCUT2D eigenvalue weighted by Crippen LogP contribution is -2.52. The molecule has 2 N–H and O–H groups in total. The smallest absolute Gasteiger partial charge is 0.338 e. The highest BCUT2D eigenvalue weighted by Crippen LogP contribution is 2.30. The molecule has 1 fully saturated rings. The lowest BCUT2D eigenvalue weighted by molar-refractivity contribution is -0.139. The highest BCUT2D eigenvalue weighted by molar-refractivity contribution is 5.95. The first-order chi connectivity index (χ1) is 16.9. The minimum absolute atomic E-state index is 0.257. The average Bonchev–Trinajstić information content (AvgIpc) is 2.86. The molecule has 0 spiro atoms. The maximum Gasteiger partial charge on any atom is 0.338 e. The van der Waals surface area contributed by atoms with E-state index in [1.165, 1.54) is 16.8 Å². The molecule has 1 saturated heterocycles. The molecule has 2 heterocycles. The van der Waals surface area contributed by atoms with Crippen molar-refractivity contribution in [3.63, 3.8) is 0 Å². The normalized spacial score (nSPS) is 18.7. The second kappa shape index (κ2) is 10.8. The van der Waals surface area contributed by atoms with Gasteiger partial charge in [-0.2, -0.15) is 0 Å². The van der Waals surface area contributed by atoms with Crippen molar-refractivity contribution in [2.75, 3.05) is 51.3 Å². The van der Waals surface area contributed by atoms with Crippen molar-refractivity contribution in [1.29, 1.82) is 0 Å². The number of piperazine rings is 1. The molecule has 1 atom stereocenters. The van der Waals surface area contributed by atoms with Gasteiger partial charge >= 0.3 is 12.0 Å². The van der Waals surface area contributed by atoms with Crippen LogP contribution in [0, 0.1) is 13.8 Å². The number of hydrogen-bond donors (Lipinski definition) is 2. The number of hydrogen-bond acceptors (Lipinski definition) is 6. The molecule has 0 radical (unpaired) electrons. The van der Waals surface area contributed by atoms with Crippen LogP contribution in [0.1, 0.15) is 29.7 Å². The summed E-state index contributed by atoms with van der Waals surface area (Å²) in [5, 5.41) is 5.77. The number of benzene rings is 2. The van der Waals surface area contributed by atoms with Crippen molar-refractivity contribution >= 4 is 17.7 Å². The summed E-state index contributed by atoms with van der Waals surface area (Å²) in [6.07, 6.45) is 0. The third-order valence-corrected chi connectivity index (χ3v) is 6.56. The van der Waals surface area contributed by atoms with Crippen LogP contribution in [0.2, 0.25) is 0 Å². The van der Waals surface area contributed by atoms with Gasteiger partial charge in [0.15, 0.2) is 0 Å². The van der Waals surface area contributed by atoms with E-state index in [1.807, 2.05) is 24.3 Å². The van der Waals surface area contributed by atoms with Crippen molar-refractivity contribution in [3.05, 3.63) is 70.4 Å². The Hall–Kier alpha value is -3.52. The Kier molecular flexibility index (Phi) is 7.60. The molecular weight excluding hydrogens is 444 g/mol. The molecular formula is C27H34N4O4. The molecule has 0 unspecified atom stereocenters. The Morgan fingerprint density at radius 2 is 1.77 bits per heavy atom. The molecule has 35 heavy (non-hydrogen) atoms. The number of rotatable bonds is 7. The van der Waals surface area contributed by atoms with Gasteiger partial charge in [0.25, 0.3) is 0 Å². The number of ether oxygens (including phenoxy) is 2. The van der Waals surface area contributed by atoms with E-state index in [1.54, 1.807) is 14.0 Å². The lowest BCUT2D eigenvalue weighted by atomic mass is 9.94. The van der Waals surface area contributed by atoms with Crippen molar-refractivity contribution in [2.24, 2.45) is 0 Å². The summed E-state index contributed by atoms with van der Waals surface area (Å²) in [5.41, 5.74) is 5.61. The fraction of sp³-hybridized carbons (Fsp3) is 0.407. The van der Waals surface area contributed by atoms with Crippen molar-refractivity contribution in [2.45, 2.75) is 26.8 Å². The zero-order valence-corrected chi connectivity index (χ0v) is 20.9. The predicted octanol–water partition coefficient (Wildman–Crippen LogP) is 3.31. The van der Waals surface area contributed by atoms with E-state index in [0.717, 1.165) is 31.7 Å². The van der Waals surface area contributed by atoms with Gasteiger partial charge in [-0.3, -0.25) is 4.90 Å². The SMILES string of the molecule is CCOC(=O)C1=C(CN2CCN(c3cc(C)ccc3C)CC2)NC(=O)N[C@H]1c1ccc(OC)cc1. The standard InChI is InChI=1S/C27H34N4O4/c1-5-35-26(32)24-22(28-27(33)29-25(24)20-8-10-21(34-4)11-9-20)17-30-12-14-31(15-13-30)23-16-18(2)6-7-19(23)3/h6-11,16,25H,5,12-15,17H2,1-4H3,(H2,28,29,33)/t25-/m0/s1. The van der Waals surface area contributed by atoms with E-state index in [9.17, 15) is 9.59 Å². The van der Waals surface area contributed by atoms with Gasteiger partial charge in [0.05, 0.1) is 25.3 Å². The minimum Gasteiger partial charge on any atom is -0.497 e. The Labute approximate surface area is 206 Å². The van der Waals surface area contributed by atoms with Crippen LogP contribution in [0.5, 0.6) is 5.75 Å². The Morgan fingerprint density at radius 3 is 2.43 bits per heavy atom. The molecule has 8 heteroatoms. The van der Waals surface area contributed by atoms with Crippen LogP contribution in [0.4, 0.5) is 10.5 Å².